The Morgan fingerprint density at radius 1 is 1.83 bits per heavy atom. The van der Waals surface area contributed by atoms with Crippen LogP contribution in [0.4, 0.5) is 0 Å². The Balaban J connectivity index is 2.74. The van der Waals surface area contributed by atoms with Gasteiger partial charge in [-0.2, -0.15) is 0 Å². The summed E-state index contributed by atoms with van der Waals surface area (Å²) >= 11 is 0. The number of rotatable bonds is 2. The smallest absolute Gasteiger partial charge is 0.265 e. The molecule has 0 amide bonds. The zero-order valence-corrected chi connectivity index (χ0v) is 6.78. The lowest BCUT2D eigenvalue weighted by Crippen LogP contribution is -2.50. The summed E-state index contributed by atoms with van der Waals surface area (Å²) in [5.74, 6) is 0. The van der Waals surface area contributed by atoms with E-state index in [1.165, 1.54) is 12.2 Å². The molecule has 0 saturated carbocycles. The molecule has 0 unspecified atom stereocenters. The lowest BCUT2D eigenvalue weighted by molar-refractivity contribution is -0.419. The highest BCUT2D eigenvalue weighted by molar-refractivity contribution is 5.23. The molecule has 0 heterocycles. The molecule has 66 valence electrons. The number of allylic oxidation sites excluding steroid dienone is 1. The molecule has 1 atom stereocenters. The van der Waals surface area contributed by atoms with E-state index in [0.29, 0.717) is 6.42 Å². The van der Waals surface area contributed by atoms with Gasteiger partial charge in [0.05, 0.1) is 10.6 Å². The molecule has 0 aromatic rings. The van der Waals surface area contributed by atoms with Crippen LogP contribution in [0.1, 0.15) is 6.42 Å². The van der Waals surface area contributed by atoms with E-state index in [-0.39, 0.29) is 5.70 Å². The van der Waals surface area contributed by atoms with Crippen molar-refractivity contribution in [1.29, 1.82) is 0 Å². The van der Waals surface area contributed by atoms with Gasteiger partial charge in [-0.1, -0.05) is 0 Å². The average molecular weight is 169 g/mol. The van der Waals surface area contributed by atoms with Gasteiger partial charge in [0.25, 0.3) is 5.70 Å². The molecule has 0 aromatic heterocycles. The Labute approximate surface area is 70.1 Å². The van der Waals surface area contributed by atoms with Crippen molar-refractivity contribution < 1.29 is 4.92 Å². The van der Waals surface area contributed by atoms with Gasteiger partial charge in [0.2, 0.25) is 0 Å². The van der Waals surface area contributed by atoms with Crippen LogP contribution in [0.3, 0.4) is 0 Å². The first-order chi connectivity index (χ1) is 5.57. The van der Waals surface area contributed by atoms with E-state index in [1.54, 1.807) is 13.1 Å². The summed E-state index contributed by atoms with van der Waals surface area (Å²) in [5.41, 5.74) is 5.23. The van der Waals surface area contributed by atoms with Gasteiger partial charge in [-0.3, -0.25) is 15.4 Å². The van der Waals surface area contributed by atoms with Crippen molar-refractivity contribution in [2.24, 2.45) is 5.73 Å². The lowest BCUT2D eigenvalue weighted by Gasteiger charge is -2.25. The monoisotopic (exact) mass is 169 g/mol. The van der Waals surface area contributed by atoms with E-state index in [2.05, 4.69) is 5.32 Å². The molecule has 0 aliphatic heterocycles. The topological polar surface area (TPSA) is 81.2 Å². The van der Waals surface area contributed by atoms with E-state index in [1.807, 2.05) is 0 Å². The Kier molecular flexibility index (Phi) is 2.25. The molecule has 3 N–H and O–H groups in total. The Hall–Kier alpha value is -1.20. The van der Waals surface area contributed by atoms with Gasteiger partial charge < -0.3 is 5.73 Å². The summed E-state index contributed by atoms with van der Waals surface area (Å²) in [7, 11) is 1.72. The number of nitrogens with one attached hydrogen (secondary N) is 1. The van der Waals surface area contributed by atoms with Crippen LogP contribution in [0.15, 0.2) is 23.9 Å². The fourth-order valence-electron chi connectivity index (χ4n) is 0.964. The molecule has 5 heteroatoms. The predicted octanol–water partition coefficient (Wildman–Crippen LogP) is -0.0187. The molecular weight excluding hydrogens is 158 g/mol. The number of nitrogens with two attached hydrogens (primary N) is 1. The quantitative estimate of drug-likeness (QED) is 0.346. The summed E-state index contributed by atoms with van der Waals surface area (Å²) in [6.07, 6.45) is 4.97. The Morgan fingerprint density at radius 3 is 2.83 bits per heavy atom. The first kappa shape index (κ1) is 8.89. The van der Waals surface area contributed by atoms with Crippen molar-refractivity contribution in [2.75, 3.05) is 7.05 Å². The predicted molar refractivity (Wildman–Crippen MR) is 44.8 cm³/mol. The van der Waals surface area contributed by atoms with E-state index >= 15 is 0 Å². The Bertz CT molecular complexity index is 259. The highest BCUT2D eigenvalue weighted by Crippen LogP contribution is 2.15. The van der Waals surface area contributed by atoms with Crippen molar-refractivity contribution in [1.82, 2.24) is 5.32 Å². The minimum atomic E-state index is -0.625. The van der Waals surface area contributed by atoms with Crippen LogP contribution < -0.4 is 11.1 Å². The third-order valence-corrected chi connectivity index (χ3v) is 1.88. The highest BCUT2D eigenvalue weighted by atomic mass is 16.6. The molecule has 0 radical (unpaired) electrons. The zero-order chi connectivity index (χ0) is 9.19. The maximum absolute atomic E-state index is 10.3. The van der Waals surface area contributed by atoms with Crippen molar-refractivity contribution in [3.63, 3.8) is 0 Å². The third-order valence-electron chi connectivity index (χ3n) is 1.88. The second-order valence-electron chi connectivity index (χ2n) is 2.71. The van der Waals surface area contributed by atoms with Crippen LogP contribution in [-0.4, -0.2) is 17.6 Å². The SMILES string of the molecule is CN[C@]1(N)C=CC([N+](=O)[O-])=CC1. The molecule has 1 aliphatic carbocycles. The number of likely N-dealkylation sites (N-methyl/N-ethyl adjacent to an activating group) is 1. The molecule has 0 bridgehead atoms. The van der Waals surface area contributed by atoms with Crippen molar-refractivity contribution in [3.05, 3.63) is 34.0 Å². The largest absolute Gasteiger partial charge is 0.310 e. The van der Waals surface area contributed by atoms with E-state index in [4.69, 9.17) is 5.73 Å². The normalized spacial score (nSPS) is 28.3. The first-order valence-electron chi connectivity index (χ1n) is 3.59. The number of nitro groups is 1. The van der Waals surface area contributed by atoms with Crippen LogP contribution in [0, 0.1) is 10.1 Å². The highest BCUT2D eigenvalue weighted by Gasteiger charge is 2.23. The van der Waals surface area contributed by atoms with Crippen molar-refractivity contribution in [2.45, 2.75) is 12.1 Å². The molecule has 0 fully saturated rings. The number of hydrogen-bond donors (Lipinski definition) is 2. The van der Waals surface area contributed by atoms with E-state index in [9.17, 15) is 10.1 Å². The molecule has 0 aromatic carbocycles. The van der Waals surface area contributed by atoms with Gasteiger partial charge in [-0.25, -0.2) is 0 Å². The van der Waals surface area contributed by atoms with Gasteiger partial charge in [0, 0.05) is 12.5 Å². The standard InChI is InChI=1S/C7H11N3O2/c1-9-7(8)4-2-6(3-5-7)10(11)12/h2-4,9H,5,8H2,1H3/t7-/m1/s1. The molecule has 0 spiro atoms. The second-order valence-corrected chi connectivity index (χ2v) is 2.71. The van der Waals surface area contributed by atoms with Gasteiger partial charge in [0.15, 0.2) is 0 Å². The van der Waals surface area contributed by atoms with Crippen LogP contribution in [-0.2, 0) is 0 Å². The summed E-state index contributed by atoms with van der Waals surface area (Å²) < 4.78 is 0. The molecule has 0 saturated heterocycles. The van der Waals surface area contributed by atoms with E-state index < -0.39 is 10.6 Å². The lowest BCUT2D eigenvalue weighted by atomic mass is 10.0. The zero-order valence-electron chi connectivity index (χ0n) is 6.78. The molecular formula is C7H11N3O2. The maximum atomic E-state index is 10.3. The fourth-order valence-corrected chi connectivity index (χ4v) is 0.964. The van der Waals surface area contributed by atoms with Gasteiger partial charge in [0.1, 0.15) is 0 Å². The number of hydrogen-bond acceptors (Lipinski definition) is 4. The van der Waals surface area contributed by atoms with Crippen LogP contribution in [0.2, 0.25) is 0 Å². The van der Waals surface area contributed by atoms with Crippen molar-refractivity contribution in [3.8, 4) is 0 Å². The summed E-state index contributed by atoms with van der Waals surface area (Å²) in [6, 6.07) is 0. The second kappa shape index (κ2) is 3.04. The first-order valence-corrected chi connectivity index (χ1v) is 3.59. The van der Waals surface area contributed by atoms with E-state index in [0.717, 1.165) is 0 Å². The van der Waals surface area contributed by atoms with Crippen molar-refractivity contribution >= 4 is 0 Å². The molecule has 1 rings (SSSR count). The van der Waals surface area contributed by atoms with Gasteiger partial charge >= 0.3 is 0 Å². The van der Waals surface area contributed by atoms with Gasteiger partial charge in [-0.05, 0) is 19.2 Å². The van der Waals surface area contributed by atoms with Crippen LogP contribution in [0.5, 0.6) is 0 Å². The van der Waals surface area contributed by atoms with Crippen LogP contribution >= 0.6 is 0 Å². The fraction of sp³-hybridized carbons (Fsp3) is 0.429. The third kappa shape index (κ3) is 1.69. The van der Waals surface area contributed by atoms with Gasteiger partial charge in [-0.15, -0.1) is 0 Å². The summed E-state index contributed by atoms with van der Waals surface area (Å²) in [5, 5.41) is 13.1. The minimum Gasteiger partial charge on any atom is -0.310 e. The average Bonchev–Trinajstić information content (AvgIpc) is 2.05. The molecule has 1 aliphatic rings. The summed E-state index contributed by atoms with van der Waals surface area (Å²) in [4.78, 5) is 9.85. The maximum Gasteiger partial charge on any atom is 0.265 e. The molecule has 5 nitrogen and oxygen atoms in total. The number of nitrogens with zero attached hydrogens (tertiary/aromatic N) is 1. The molecule has 12 heavy (non-hydrogen) atoms. The minimum absolute atomic E-state index is 0.103. The Morgan fingerprint density at radius 2 is 2.50 bits per heavy atom. The van der Waals surface area contributed by atoms with Crippen LogP contribution in [0.25, 0.3) is 0 Å². The summed E-state index contributed by atoms with van der Waals surface area (Å²) in [6.45, 7) is 0.